The van der Waals surface area contributed by atoms with Gasteiger partial charge in [0.2, 0.25) is 0 Å². The van der Waals surface area contributed by atoms with E-state index in [4.69, 9.17) is 5.73 Å². The van der Waals surface area contributed by atoms with Crippen molar-refractivity contribution in [2.45, 2.75) is 26.7 Å². The van der Waals surface area contributed by atoms with Crippen molar-refractivity contribution in [2.75, 3.05) is 5.73 Å². The number of hydrogen-bond donors (Lipinski definition) is 2. The second-order valence-electron chi connectivity index (χ2n) is 4.33. The number of benzene rings is 1. The smallest absolute Gasteiger partial charge is 0.294 e. The van der Waals surface area contributed by atoms with Crippen LogP contribution in [0.3, 0.4) is 0 Å². The Hall–Kier alpha value is -2.04. The van der Waals surface area contributed by atoms with E-state index >= 15 is 0 Å². The van der Waals surface area contributed by atoms with Crippen LogP contribution in [-0.4, -0.2) is 9.78 Å². The van der Waals surface area contributed by atoms with E-state index < -0.39 is 0 Å². The number of aromatic nitrogens is 2. The van der Waals surface area contributed by atoms with Crippen LogP contribution in [0.5, 0.6) is 0 Å². The van der Waals surface area contributed by atoms with E-state index in [0.717, 1.165) is 12.1 Å². The molecule has 1 aromatic carbocycles. The number of halogens is 1. The summed E-state index contributed by atoms with van der Waals surface area (Å²) in [4.78, 5) is 12.0. The zero-order valence-electron chi connectivity index (χ0n) is 10.5. The van der Waals surface area contributed by atoms with Crippen LogP contribution < -0.4 is 11.3 Å². The monoisotopic (exact) mass is 249 g/mol. The molecule has 0 spiro atoms. The molecule has 0 saturated heterocycles. The maximum atomic E-state index is 13.0. The number of aromatic amines is 1. The Bertz CT molecular complexity index is 628. The van der Waals surface area contributed by atoms with Crippen LogP contribution in [0, 0.1) is 12.7 Å². The van der Waals surface area contributed by atoms with Gasteiger partial charge in [0.15, 0.2) is 0 Å². The molecule has 5 heteroatoms. The molecule has 3 N–H and O–H groups in total. The highest BCUT2D eigenvalue weighted by molar-refractivity contribution is 5.47. The third-order valence-electron chi connectivity index (χ3n) is 2.91. The Morgan fingerprint density at radius 2 is 2.17 bits per heavy atom. The summed E-state index contributed by atoms with van der Waals surface area (Å²) in [6.07, 6.45) is 1.61. The topological polar surface area (TPSA) is 63.8 Å². The first-order valence-electron chi connectivity index (χ1n) is 5.90. The molecule has 1 aromatic heterocycles. The van der Waals surface area contributed by atoms with E-state index in [-0.39, 0.29) is 17.1 Å². The Kier molecular flexibility index (Phi) is 3.23. The molecule has 0 aliphatic heterocycles. The molecule has 0 aliphatic carbocycles. The van der Waals surface area contributed by atoms with Crippen molar-refractivity contribution in [3.8, 4) is 5.69 Å². The van der Waals surface area contributed by atoms with Gasteiger partial charge in [-0.25, -0.2) is 9.07 Å². The standard InChI is InChI=1S/C13H16FN3O/c1-3-4-10-12(15)13(18)17(16-10)11-6-5-9(14)7-8(11)2/h5-7,16H,3-4,15H2,1-2H3. The number of nitrogens with two attached hydrogens (primary N) is 1. The van der Waals surface area contributed by atoms with Crippen LogP contribution >= 0.6 is 0 Å². The fourth-order valence-electron chi connectivity index (χ4n) is 1.98. The van der Waals surface area contributed by atoms with Crippen molar-refractivity contribution in [2.24, 2.45) is 0 Å². The largest absolute Gasteiger partial charge is 0.393 e. The van der Waals surface area contributed by atoms with Crippen molar-refractivity contribution >= 4 is 5.69 Å². The number of nitrogens with one attached hydrogen (secondary N) is 1. The third-order valence-corrected chi connectivity index (χ3v) is 2.91. The molecule has 0 saturated carbocycles. The number of nitrogens with zero attached hydrogens (tertiary/aromatic N) is 1. The summed E-state index contributed by atoms with van der Waals surface area (Å²) < 4.78 is 14.4. The highest BCUT2D eigenvalue weighted by atomic mass is 19.1. The number of H-pyrrole nitrogens is 1. The van der Waals surface area contributed by atoms with Crippen LogP contribution in [0.1, 0.15) is 24.6 Å². The number of nitrogen functional groups attached to an aromatic ring is 1. The maximum Gasteiger partial charge on any atom is 0.294 e. The van der Waals surface area contributed by atoms with Gasteiger partial charge in [0.1, 0.15) is 11.5 Å². The predicted octanol–water partition coefficient (Wildman–Crippen LogP) is 2.15. The summed E-state index contributed by atoms with van der Waals surface area (Å²) >= 11 is 0. The van der Waals surface area contributed by atoms with Crippen LogP contribution in [-0.2, 0) is 6.42 Å². The Balaban J connectivity index is 2.57. The average Bonchev–Trinajstić information content (AvgIpc) is 2.58. The molecular formula is C13H16FN3O. The molecule has 0 amide bonds. The molecule has 4 nitrogen and oxygen atoms in total. The molecule has 2 aromatic rings. The first-order chi connectivity index (χ1) is 8.54. The minimum atomic E-state index is -0.322. The molecule has 0 bridgehead atoms. The fraction of sp³-hybridized carbons (Fsp3) is 0.308. The molecule has 0 radical (unpaired) electrons. The van der Waals surface area contributed by atoms with Crippen LogP contribution in [0.4, 0.5) is 10.1 Å². The van der Waals surface area contributed by atoms with Gasteiger partial charge in [-0.3, -0.25) is 9.89 Å². The predicted molar refractivity (Wildman–Crippen MR) is 69.5 cm³/mol. The van der Waals surface area contributed by atoms with Gasteiger partial charge in [-0.2, -0.15) is 0 Å². The minimum Gasteiger partial charge on any atom is -0.393 e. The molecule has 1 heterocycles. The van der Waals surface area contributed by atoms with Crippen molar-refractivity contribution < 1.29 is 4.39 Å². The summed E-state index contributed by atoms with van der Waals surface area (Å²) in [5.74, 6) is -0.322. The highest BCUT2D eigenvalue weighted by Crippen LogP contribution is 2.15. The number of hydrogen-bond acceptors (Lipinski definition) is 2. The molecular weight excluding hydrogens is 233 g/mol. The van der Waals surface area contributed by atoms with E-state index in [1.165, 1.54) is 16.8 Å². The first kappa shape index (κ1) is 12.4. The van der Waals surface area contributed by atoms with E-state index in [2.05, 4.69) is 5.10 Å². The highest BCUT2D eigenvalue weighted by Gasteiger charge is 2.13. The third kappa shape index (κ3) is 2.03. The van der Waals surface area contributed by atoms with Crippen molar-refractivity contribution in [1.29, 1.82) is 0 Å². The average molecular weight is 249 g/mol. The lowest BCUT2D eigenvalue weighted by molar-refractivity contribution is 0.625. The van der Waals surface area contributed by atoms with Crippen molar-refractivity contribution in [1.82, 2.24) is 9.78 Å². The lowest BCUT2D eigenvalue weighted by Crippen LogP contribution is -2.17. The summed E-state index contributed by atoms with van der Waals surface area (Å²) in [5.41, 5.74) is 7.75. The SMILES string of the molecule is CCCc1[nH]n(-c2ccc(F)cc2C)c(=O)c1N. The molecule has 0 fully saturated rings. The quantitative estimate of drug-likeness (QED) is 0.875. The minimum absolute atomic E-state index is 0.237. The molecule has 96 valence electrons. The Morgan fingerprint density at radius 1 is 1.44 bits per heavy atom. The van der Waals surface area contributed by atoms with Gasteiger partial charge in [-0.15, -0.1) is 0 Å². The number of aryl methyl sites for hydroxylation is 2. The van der Waals surface area contributed by atoms with E-state index in [1.807, 2.05) is 6.92 Å². The van der Waals surface area contributed by atoms with E-state index in [0.29, 0.717) is 17.7 Å². The molecule has 0 unspecified atom stereocenters. The lowest BCUT2D eigenvalue weighted by atomic mass is 10.2. The zero-order valence-corrected chi connectivity index (χ0v) is 10.5. The van der Waals surface area contributed by atoms with Gasteiger partial charge in [0.05, 0.1) is 11.4 Å². The Morgan fingerprint density at radius 3 is 2.78 bits per heavy atom. The fourth-order valence-corrected chi connectivity index (χ4v) is 1.98. The number of anilines is 1. The molecule has 0 atom stereocenters. The van der Waals surface area contributed by atoms with Crippen molar-refractivity contribution in [3.63, 3.8) is 0 Å². The second kappa shape index (κ2) is 4.68. The van der Waals surface area contributed by atoms with Gasteiger partial charge in [0.25, 0.3) is 5.56 Å². The normalized spacial score (nSPS) is 10.8. The lowest BCUT2D eigenvalue weighted by Gasteiger charge is -2.05. The van der Waals surface area contributed by atoms with Gasteiger partial charge >= 0.3 is 0 Å². The van der Waals surface area contributed by atoms with E-state index in [9.17, 15) is 9.18 Å². The van der Waals surface area contributed by atoms with Gasteiger partial charge in [-0.05, 0) is 37.1 Å². The van der Waals surface area contributed by atoms with Crippen LogP contribution in [0.15, 0.2) is 23.0 Å². The number of rotatable bonds is 3. The van der Waals surface area contributed by atoms with Crippen LogP contribution in [0.25, 0.3) is 5.69 Å². The molecule has 0 aliphatic rings. The maximum absolute atomic E-state index is 13.0. The van der Waals surface area contributed by atoms with Gasteiger partial charge in [-0.1, -0.05) is 13.3 Å². The summed E-state index contributed by atoms with van der Waals surface area (Å²) in [6, 6.07) is 4.28. The zero-order chi connectivity index (χ0) is 13.3. The summed E-state index contributed by atoms with van der Waals surface area (Å²) in [5, 5.41) is 2.98. The Labute approximate surface area is 104 Å². The summed E-state index contributed by atoms with van der Waals surface area (Å²) in [7, 11) is 0. The first-order valence-corrected chi connectivity index (χ1v) is 5.90. The van der Waals surface area contributed by atoms with Crippen LogP contribution in [0.2, 0.25) is 0 Å². The summed E-state index contributed by atoms with van der Waals surface area (Å²) in [6.45, 7) is 3.76. The van der Waals surface area contributed by atoms with Gasteiger partial charge < -0.3 is 5.73 Å². The second-order valence-corrected chi connectivity index (χ2v) is 4.33. The van der Waals surface area contributed by atoms with E-state index in [1.54, 1.807) is 13.0 Å². The molecule has 2 rings (SSSR count). The molecule has 18 heavy (non-hydrogen) atoms. The van der Waals surface area contributed by atoms with Gasteiger partial charge in [0, 0.05) is 0 Å². The van der Waals surface area contributed by atoms with Crippen molar-refractivity contribution in [3.05, 3.63) is 45.6 Å².